The van der Waals surface area contributed by atoms with Gasteiger partial charge in [0, 0.05) is 19.2 Å². The number of halogens is 1. The molecule has 0 spiro atoms. The van der Waals surface area contributed by atoms with Crippen LogP contribution in [0.15, 0.2) is 24.3 Å². The van der Waals surface area contributed by atoms with Gasteiger partial charge in [0.1, 0.15) is 36.9 Å². The number of rotatable bonds is 10. The van der Waals surface area contributed by atoms with Gasteiger partial charge in [0.05, 0.1) is 0 Å². The highest BCUT2D eigenvalue weighted by Gasteiger charge is 2.09. The standard InChI is InChI=1S/C16H28N2O4.ClH/c1-17(2)9-13(19)11-21-15-6-5-7-16(8-15)22-12-14(20)10-18(3)4;/h5-8,13-14,19-20H,9-12H2,1-4H3;1H. The summed E-state index contributed by atoms with van der Waals surface area (Å²) in [5, 5.41) is 19.5. The first-order chi connectivity index (χ1) is 10.4. The Morgan fingerprint density at radius 3 is 1.61 bits per heavy atom. The molecule has 7 heteroatoms. The van der Waals surface area contributed by atoms with Crippen LogP contribution < -0.4 is 9.47 Å². The highest BCUT2D eigenvalue weighted by molar-refractivity contribution is 5.85. The minimum atomic E-state index is -0.540. The predicted molar refractivity (Wildman–Crippen MR) is 93.8 cm³/mol. The lowest BCUT2D eigenvalue weighted by molar-refractivity contribution is 0.0801. The lowest BCUT2D eigenvalue weighted by Gasteiger charge is -2.18. The van der Waals surface area contributed by atoms with Crippen molar-refractivity contribution < 1.29 is 19.7 Å². The van der Waals surface area contributed by atoms with Gasteiger partial charge < -0.3 is 29.5 Å². The molecule has 6 nitrogen and oxygen atoms in total. The lowest BCUT2D eigenvalue weighted by Crippen LogP contribution is -2.30. The number of hydrogen-bond donors (Lipinski definition) is 2. The maximum absolute atomic E-state index is 9.77. The van der Waals surface area contributed by atoms with Crippen molar-refractivity contribution in [1.29, 1.82) is 0 Å². The zero-order chi connectivity index (χ0) is 16.5. The van der Waals surface area contributed by atoms with Gasteiger partial charge in [0.2, 0.25) is 0 Å². The normalized spacial score (nSPS) is 13.6. The summed E-state index contributed by atoms with van der Waals surface area (Å²) in [4.78, 5) is 3.80. The summed E-state index contributed by atoms with van der Waals surface area (Å²) >= 11 is 0. The van der Waals surface area contributed by atoms with Crippen LogP contribution in [0.5, 0.6) is 11.5 Å². The number of hydrogen-bond acceptors (Lipinski definition) is 6. The van der Waals surface area contributed by atoms with Crippen LogP contribution in [0, 0.1) is 0 Å². The topological polar surface area (TPSA) is 65.4 Å². The largest absolute Gasteiger partial charge is 0.491 e. The van der Waals surface area contributed by atoms with E-state index >= 15 is 0 Å². The molecule has 2 N–H and O–H groups in total. The van der Waals surface area contributed by atoms with E-state index in [1.807, 2.05) is 56.2 Å². The Morgan fingerprint density at radius 2 is 1.26 bits per heavy atom. The van der Waals surface area contributed by atoms with E-state index in [2.05, 4.69) is 0 Å². The number of likely N-dealkylation sites (N-methyl/N-ethyl adjacent to an activating group) is 2. The van der Waals surface area contributed by atoms with Gasteiger partial charge in [-0.05, 0) is 40.3 Å². The molecule has 2 unspecified atom stereocenters. The predicted octanol–water partition coefficient (Wildman–Crippen LogP) is 0.711. The number of aliphatic hydroxyl groups is 2. The maximum Gasteiger partial charge on any atom is 0.123 e. The Balaban J connectivity index is 0.00000484. The number of nitrogens with zero attached hydrogens (tertiary/aromatic N) is 2. The van der Waals surface area contributed by atoms with Crippen LogP contribution in [0.1, 0.15) is 0 Å². The van der Waals surface area contributed by atoms with Crippen molar-refractivity contribution in [1.82, 2.24) is 9.80 Å². The molecule has 0 fully saturated rings. The van der Waals surface area contributed by atoms with E-state index in [-0.39, 0.29) is 25.6 Å². The smallest absolute Gasteiger partial charge is 0.123 e. The van der Waals surface area contributed by atoms with Gasteiger partial charge in [-0.2, -0.15) is 0 Å². The second kappa shape index (κ2) is 11.5. The fourth-order valence-electron chi connectivity index (χ4n) is 1.99. The molecule has 1 aromatic rings. The first kappa shape index (κ1) is 21.9. The minimum Gasteiger partial charge on any atom is -0.491 e. The van der Waals surface area contributed by atoms with Crippen LogP contribution in [-0.2, 0) is 0 Å². The van der Waals surface area contributed by atoms with Crippen LogP contribution in [-0.4, -0.2) is 86.7 Å². The van der Waals surface area contributed by atoms with Gasteiger partial charge in [-0.3, -0.25) is 0 Å². The second-order valence-corrected chi connectivity index (χ2v) is 5.93. The Kier molecular flexibility index (Phi) is 11.0. The molecular weight excluding hydrogens is 320 g/mol. The summed E-state index contributed by atoms with van der Waals surface area (Å²) in [6.45, 7) is 1.55. The molecule has 134 valence electrons. The van der Waals surface area contributed by atoms with Crippen molar-refractivity contribution in [3.63, 3.8) is 0 Å². The summed E-state index contributed by atoms with van der Waals surface area (Å²) in [5.74, 6) is 1.27. The quantitative estimate of drug-likeness (QED) is 0.649. The van der Waals surface area contributed by atoms with Crippen molar-refractivity contribution >= 4 is 12.4 Å². The van der Waals surface area contributed by atoms with E-state index in [4.69, 9.17) is 9.47 Å². The molecule has 1 rings (SSSR count). The van der Waals surface area contributed by atoms with Crippen LogP contribution in [0.25, 0.3) is 0 Å². The summed E-state index contributed by atoms with van der Waals surface area (Å²) in [5.41, 5.74) is 0. The molecule has 0 heterocycles. The van der Waals surface area contributed by atoms with Gasteiger partial charge >= 0.3 is 0 Å². The van der Waals surface area contributed by atoms with Crippen molar-refractivity contribution in [2.75, 3.05) is 54.5 Å². The zero-order valence-electron chi connectivity index (χ0n) is 14.3. The van der Waals surface area contributed by atoms with Crippen molar-refractivity contribution in [3.05, 3.63) is 24.3 Å². The highest BCUT2D eigenvalue weighted by atomic mass is 35.5. The number of ether oxygens (including phenoxy) is 2. The van der Waals surface area contributed by atoms with E-state index in [1.54, 1.807) is 6.07 Å². The molecule has 1 aromatic carbocycles. The molecule has 0 amide bonds. The third-order valence-electron chi connectivity index (χ3n) is 2.84. The lowest BCUT2D eigenvalue weighted by atomic mass is 10.3. The first-order valence-corrected chi connectivity index (χ1v) is 7.38. The molecule has 0 bridgehead atoms. The summed E-state index contributed by atoms with van der Waals surface area (Å²) in [6.07, 6.45) is -1.08. The molecule has 0 saturated heterocycles. The zero-order valence-corrected chi connectivity index (χ0v) is 15.1. The minimum absolute atomic E-state index is 0. The SMILES string of the molecule is CN(C)CC(O)COc1cccc(OCC(O)CN(C)C)c1.Cl. The second-order valence-electron chi connectivity index (χ2n) is 5.93. The fraction of sp³-hybridized carbons (Fsp3) is 0.625. The first-order valence-electron chi connectivity index (χ1n) is 7.38. The average Bonchev–Trinajstić information content (AvgIpc) is 2.42. The Labute approximate surface area is 145 Å². The fourth-order valence-corrected chi connectivity index (χ4v) is 1.99. The molecule has 0 radical (unpaired) electrons. The highest BCUT2D eigenvalue weighted by Crippen LogP contribution is 2.19. The van der Waals surface area contributed by atoms with Gasteiger partial charge in [-0.1, -0.05) is 6.07 Å². The number of aliphatic hydroxyl groups excluding tert-OH is 2. The molecule has 0 saturated carbocycles. The van der Waals surface area contributed by atoms with Crippen molar-refractivity contribution in [2.45, 2.75) is 12.2 Å². The van der Waals surface area contributed by atoms with Crippen molar-refractivity contribution in [2.24, 2.45) is 0 Å². The van der Waals surface area contributed by atoms with Crippen LogP contribution in [0.4, 0.5) is 0 Å². The van der Waals surface area contributed by atoms with E-state index in [9.17, 15) is 10.2 Å². The van der Waals surface area contributed by atoms with E-state index in [0.717, 1.165) is 0 Å². The summed E-state index contributed by atoms with van der Waals surface area (Å²) < 4.78 is 11.1. The van der Waals surface area contributed by atoms with Gasteiger partial charge in [0.15, 0.2) is 0 Å². The molecule has 23 heavy (non-hydrogen) atoms. The summed E-state index contributed by atoms with van der Waals surface area (Å²) in [6, 6.07) is 7.20. The van der Waals surface area contributed by atoms with Crippen LogP contribution in [0.2, 0.25) is 0 Å². The molecular formula is C16H29ClN2O4. The van der Waals surface area contributed by atoms with Crippen LogP contribution in [0.3, 0.4) is 0 Å². The summed E-state index contributed by atoms with van der Waals surface area (Å²) in [7, 11) is 7.60. The monoisotopic (exact) mass is 348 g/mol. The van der Waals surface area contributed by atoms with E-state index < -0.39 is 12.2 Å². The third-order valence-corrected chi connectivity index (χ3v) is 2.84. The Bertz CT molecular complexity index is 397. The molecule has 0 aliphatic rings. The van der Waals surface area contributed by atoms with Gasteiger partial charge in [-0.15, -0.1) is 12.4 Å². The Morgan fingerprint density at radius 1 is 0.870 bits per heavy atom. The van der Waals surface area contributed by atoms with E-state index in [0.29, 0.717) is 24.6 Å². The maximum atomic E-state index is 9.77. The molecule has 0 aliphatic heterocycles. The molecule has 2 atom stereocenters. The Hall–Kier alpha value is -1.05. The molecule has 0 aliphatic carbocycles. The van der Waals surface area contributed by atoms with E-state index in [1.165, 1.54) is 0 Å². The van der Waals surface area contributed by atoms with Crippen LogP contribution >= 0.6 is 12.4 Å². The van der Waals surface area contributed by atoms with Gasteiger partial charge in [-0.25, -0.2) is 0 Å². The van der Waals surface area contributed by atoms with Crippen molar-refractivity contribution in [3.8, 4) is 11.5 Å². The average molecular weight is 349 g/mol. The third kappa shape index (κ3) is 10.4. The number of benzene rings is 1. The molecule has 0 aromatic heterocycles. The van der Waals surface area contributed by atoms with Gasteiger partial charge in [0.25, 0.3) is 0 Å².